The number of aliphatic carboxylic acids is 1. The van der Waals surface area contributed by atoms with Gasteiger partial charge in [-0.3, -0.25) is 4.79 Å². The molecular weight excluding hydrogens is 480 g/mol. The van der Waals surface area contributed by atoms with Gasteiger partial charge in [-0.2, -0.15) is 0 Å². The number of aryl methyl sites for hydroxylation is 2. The zero-order valence-corrected chi connectivity index (χ0v) is 21.3. The van der Waals surface area contributed by atoms with Crippen molar-refractivity contribution < 1.29 is 23.2 Å². The summed E-state index contributed by atoms with van der Waals surface area (Å²) in [4.78, 5) is 11.3. The van der Waals surface area contributed by atoms with Crippen molar-refractivity contribution >= 4 is 28.8 Å². The molecule has 0 aliphatic heterocycles. The van der Waals surface area contributed by atoms with E-state index in [1.807, 2.05) is 62.4 Å². The summed E-state index contributed by atoms with van der Waals surface area (Å²) in [6, 6.07) is 16.9. The van der Waals surface area contributed by atoms with Crippen molar-refractivity contribution in [3.63, 3.8) is 0 Å². The Balaban J connectivity index is 1.65. The molecule has 0 radical (unpaired) electrons. The molecule has 1 atom stereocenters. The zero-order valence-electron chi connectivity index (χ0n) is 20.5. The molecule has 0 fully saturated rings. The minimum absolute atomic E-state index is 0.0598. The summed E-state index contributed by atoms with van der Waals surface area (Å²) < 4.78 is 40.7. The van der Waals surface area contributed by atoms with E-state index in [0.717, 1.165) is 28.3 Å². The van der Waals surface area contributed by atoms with E-state index in [1.54, 1.807) is 0 Å². The summed E-state index contributed by atoms with van der Waals surface area (Å²) in [5.74, 6) is -1.69. The van der Waals surface area contributed by atoms with Gasteiger partial charge in [0.1, 0.15) is 17.4 Å². The van der Waals surface area contributed by atoms with Crippen molar-refractivity contribution in [2.75, 3.05) is 12.3 Å². The molecule has 36 heavy (non-hydrogen) atoms. The molecule has 0 spiro atoms. The van der Waals surface area contributed by atoms with Crippen LogP contribution >= 0.6 is 0 Å². The second kappa shape index (κ2) is 13.3. The lowest BCUT2D eigenvalue weighted by Gasteiger charge is -2.13. The second-order valence-corrected chi connectivity index (χ2v) is 10.4. The summed E-state index contributed by atoms with van der Waals surface area (Å²) in [6.45, 7) is 4.98. The predicted octanol–water partition coefficient (Wildman–Crippen LogP) is 6.27. The highest BCUT2D eigenvalue weighted by atomic mass is 32.2. The van der Waals surface area contributed by atoms with Gasteiger partial charge < -0.3 is 15.0 Å². The zero-order chi connectivity index (χ0) is 26.1. The monoisotopic (exact) mass is 511 g/mol. The third kappa shape index (κ3) is 8.59. The van der Waals surface area contributed by atoms with E-state index in [-0.39, 0.29) is 6.42 Å². The molecule has 4 nitrogen and oxygen atoms in total. The Labute approximate surface area is 214 Å². The molecule has 3 aromatic rings. The van der Waals surface area contributed by atoms with Gasteiger partial charge in [0.25, 0.3) is 0 Å². The molecule has 190 valence electrons. The molecular formula is C29H31F2NO3S. The van der Waals surface area contributed by atoms with E-state index in [4.69, 9.17) is 5.11 Å². The molecule has 0 aliphatic carbocycles. The number of nitrogens with one attached hydrogen (secondary N) is 1. The molecule has 0 aromatic heterocycles. The summed E-state index contributed by atoms with van der Waals surface area (Å²) >= 11 is -1.21. The first-order chi connectivity index (χ1) is 17.2. The average Bonchev–Trinajstić information content (AvgIpc) is 2.83. The second-order valence-electron chi connectivity index (χ2n) is 8.79. The summed E-state index contributed by atoms with van der Waals surface area (Å²) in [5, 5.41) is 11.7. The highest BCUT2D eigenvalue weighted by molar-refractivity contribution is 7.91. The SMILES string of the molecule is Cc1ccc(/C=C(/CCC[S+]([O-])c2ccc(CNCCC(=O)O)cc2)c2cc(F)cc(F)c2)cc1C. The van der Waals surface area contributed by atoms with Gasteiger partial charge in [-0.05, 0) is 95.5 Å². The lowest BCUT2D eigenvalue weighted by atomic mass is 9.97. The van der Waals surface area contributed by atoms with Crippen LogP contribution in [0.15, 0.2) is 65.6 Å². The number of benzene rings is 3. The van der Waals surface area contributed by atoms with Crippen LogP contribution in [0, 0.1) is 25.5 Å². The Morgan fingerprint density at radius 2 is 1.67 bits per heavy atom. The maximum absolute atomic E-state index is 13.9. The molecule has 7 heteroatoms. The minimum Gasteiger partial charge on any atom is -0.611 e. The van der Waals surface area contributed by atoms with Gasteiger partial charge >= 0.3 is 5.97 Å². The number of halogens is 2. The lowest BCUT2D eigenvalue weighted by molar-refractivity contribution is -0.136. The number of rotatable bonds is 12. The molecule has 0 saturated heterocycles. The lowest BCUT2D eigenvalue weighted by Crippen LogP contribution is -2.17. The van der Waals surface area contributed by atoms with Crippen molar-refractivity contribution in [2.24, 2.45) is 0 Å². The van der Waals surface area contributed by atoms with Gasteiger partial charge in [0.05, 0.1) is 6.42 Å². The Bertz CT molecular complexity index is 1190. The maximum atomic E-state index is 13.9. The van der Waals surface area contributed by atoms with Crippen molar-refractivity contribution in [2.45, 2.75) is 44.6 Å². The molecule has 0 bridgehead atoms. The van der Waals surface area contributed by atoms with Crippen LogP contribution in [0.4, 0.5) is 8.78 Å². The van der Waals surface area contributed by atoms with Crippen LogP contribution in [0.5, 0.6) is 0 Å². The number of carboxylic acids is 1. The summed E-state index contributed by atoms with van der Waals surface area (Å²) in [7, 11) is 0. The topological polar surface area (TPSA) is 72.4 Å². The van der Waals surface area contributed by atoms with E-state index in [0.29, 0.717) is 42.1 Å². The first kappa shape index (κ1) is 27.6. The molecule has 3 rings (SSSR count). The number of allylic oxidation sites excluding steroid dienone is 1. The molecule has 0 saturated carbocycles. The standard InChI is InChI=1S/C29H31F2NO3S/c1-20-5-6-23(14-21(20)2)15-24(25-16-26(30)18-27(31)17-25)4-3-13-36(35)28-9-7-22(8-10-28)19-32-12-11-29(33)34/h5-10,14-18,32H,3-4,11-13,19H2,1-2H3,(H,33,34)/b24-15-. The average molecular weight is 512 g/mol. The largest absolute Gasteiger partial charge is 0.611 e. The normalized spacial score (nSPS) is 12.5. The smallest absolute Gasteiger partial charge is 0.304 e. The predicted molar refractivity (Wildman–Crippen MR) is 141 cm³/mol. The Morgan fingerprint density at radius 1 is 0.972 bits per heavy atom. The fraction of sp³-hybridized carbons (Fsp3) is 0.276. The highest BCUT2D eigenvalue weighted by Crippen LogP contribution is 2.27. The van der Waals surface area contributed by atoms with E-state index < -0.39 is 28.8 Å². The van der Waals surface area contributed by atoms with Gasteiger partial charge in [0, 0.05) is 19.2 Å². The quantitative estimate of drug-likeness (QED) is 0.171. The van der Waals surface area contributed by atoms with E-state index in [1.165, 1.54) is 17.7 Å². The molecule has 0 aliphatic rings. The van der Waals surface area contributed by atoms with Crippen molar-refractivity contribution in [1.29, 1.82) is 0 Å². The fourth-order valence-electron chi connectivity index (χ4n) is 3.79. The van der Waals surface area contributed by atoms with Crippen LogP contribution < -0.4 is 5.32 Å². The number of carbonyl (C=O) groups is 1. The minimum atomic E-state index is -1.21. The Kier molecular flexibility index (Phi) is 10.2. The van der Waals surface area contributed by atoms with Gasteiger partial charge in [0.2, 0.25) is 0 Å². The number of hydrogen-bond acceptors (Lipinski definition) is 3. The Hall–Kier alpha value is -3.00. The Morgan fingerprint density at radius 3 is 2.31 bits per heavy atom. The van der Waals surface area contributed by atoms with E-state index in [9.17, 15) is 18.1 Å². The van der Waals surface area contributed by atoms with E-state index >= 15 is 0 Å². The summed E-state index contributed by atoms with van der Waals surface area (Å²) in [5.41, 5.74) is 5.50. The van der Waals surface area contributed by atoms with Gasteiger partial charge in [-0.25, -0.2) is 8.78 Å². The molecule has 0 heterocycles. The third-order valence-corrected chi connectivity index (χ3v) is 7.37. The van der Waals surface area contributed by atoms with Crippen LogP contribution in [-0.2, 0) is 22.5 Å². The van der Waals surface area contributed by atoms with Crippen LogP contribution in [0.1, 0.15) is 47.1 Å². The molecule has 1 unspecified atom stereocenters. The number of carboxylic acid groups (broad SMARTS) is 1. The van der Waals surface area contributed by atoms with Crippen molar-refractivity contribution in [3.05, 3.63) is 100 Å². The van der Waals surface area contributed by atoms with Gasteiger partial charge in [0.15, 0.2) is 4.90 Å². The molecule has 2 N–H and O–H groups in total. The van der Waals surface area contributed by atoms with Crippen LogP contribution in [0.2, 0.25) is 0 Å². The summed E-state index contributed by atoms with van der Waals surface area (Å²) in [6.07, 6.45) is 3.10. The van der Waals surface area contributed by atoms with Crippen LogP contribution in [0.25, 0.3) is 11.6 Å². The first-order valence-electron chi connectivity index (χ1n) is 11.9. The maximum Gasteiger partial charge on any atom is 0.304 e. The van der Waals surface area contributed by atoms with Crippen LogP contribution in [0.3, 0.4) is 0 Å². The fourth-order valence-corrected chi connectivity index (χ4v) is 4.88. The highest BCUT2D eigenvalue weighted by Gasteiger charge is 2.13. The molecule has 0 amide bonds. The van der Waals surface area contributed by atoms with Gasteiger partial charge in [-0.15, -0.1) is 0 Å². The number of hydrogen-bond donors (Lipinski definition) is 2. The van der Waals surface area contributed by atoms with E-state index in [2.05, 4.69) is 5.32 Å². The first-order valence-corrected chi connectivity index (χ1v) is 13.2. The van der Waals surface area contributed by atoms with Crippen molar-refractivity contribution in [1.82, 2.24) is 5.32 Å². The van der Waals surface area contributed by atoms with Crippen molar-refractivity contribution in [3.8, 4) is 0 Å². The van der Waals surface area contributed by atoms with Gasteiger partial charge in [-0.1, -0.05) is 36.4 Å². The third-order valence-electron chi connectivity index (χ3n) is 5.91. The van der Waals surface area contributed by atoms with Crippen LogP contribution in [-0.4, -0.2) is 27.9 Å². The molecule has 3 aromatic carbocycles.